The number of nitrogens with one attached hydrogen (secondary N) is 1. The fraction of sp³-hybridized carbons (Fsp3) is 0.462. The number of aliphatic hydroxyl groups is 2. The Morgan fingerprint density at radius 2 is 1.95 bits per heavy atom. The van der Waals surface area contributed by atoms with Crippen LogP contribution in [0.25, 0.3) is 0 Å². The van der Waals surface area contributed by atoms with Gasteiger partial charge in [-0.15, -0.1) is 0 Å². The highest BCUT2D eigenvalue weighted by Gasteiger charge is 2.12. The van der Waals surface area contributed by atoms with Crippen molar-refractivity contribution in [2.75, 3.05) is 26.8 Å². The van der Waals surface area contributed by atoms with Gasteiger partial charge in [0.25, 0.3) is 0 Å². The van der Waals surface area contributed by atoms with Gasteiger partial charge in [0.15, 0.2) is 11.5 Å². The largest absolute Gasteiger partial charge is 0.493 e. The lowest BCUT2D eigenvalue weighted by molar-refractivity contribution is -0.125. The summed E-state index contributed by atoms with van der Waals surface area (Å²) in [6.07, 6.45) is -2.06. The molecule has 112 valence electrons. The van der Waals surface area contributed by atoms with E-state index in [2.05, 4.69) is 5.32 Å². The lowest BCUT2D eigenvalue weighted by Crippen LogP contribution is -2.41. The first-order valence-electron chi connectivity index (χ1n) is 6.16. The fourth-order valence-corrected chi connectivity index (χ4v) is 1.47. The van der Waals surface area contributed by atoms with Crippen LogP contribution in [0.15, 0.2) is 24.3 Å². The molecule has 0 radical (unpaired) electrons. The summed E-state index contributed by atoms with van der Waals surface area (Å²) in [6.45, 7) is 0.209. The predicted molar refractivity (Wildman–Crippen MR) is 72.6 cm³/mol. The Bertz CT molecular complexity index is 427. The van der Waals surface area contributed by atoms with Gasteiger partial charge >= 0.3 is 0 Å². The molecule has 1 aromatic carbocycles. The highest BCUT2D eigenvalue weighted by atomic mass is 16.5. The molecule has 1 amide bonds. The Labute approximate surface area is 117 Å². The van der Waals surface area contributed by atoms with E-state index in [0.717, 1.165) is 0 Å². The topological polar surface area (TPSA) is 114 Å². The molecule has 0 aliphatic rings. The third-order valence-corrected chi connectivity index (χ3v) is 2.55. The molecular weight excluding hydrogens is 264 g/mol. The van der Waals surface area contributed by atoms with Gasteiger partial charge in [-0.05, 0) is 12.1 Å². The molecule has 1 aromatic rings. The Balaban J connectivity index is 2.29. The summed E-state index contributed by atoms with van der Waals surface area (Å²) in [7, 11) is 1.53. The van der Waals surface area contributed by atoms with Gasteiger partial charge in [-0.3, -0.25) is 4.79 Å². The van der Waals surface area contributed by atoms with Crippen molar-refractivity contribution in [3.05, 3.63) is 24.3 Å². The molecule has 20 heavy (non-hydrogen) atoms. The van der Waals surface area contributed by atoms with Crippen LogP contribution < -0.4 is 20.5 Å². The minimum atomic E-state index is -1.27. The number of carbonyl (C=O) groups excluding carboxylic acids is 1. The molecule has 2 atom stereocenters. The average molecular weight is 284 g/mol. The second-order valence-corrected chi connectivity index (χ2v) is 4.19. The normalized spacial score (nSPS) is 13.6. The summed E-state index contributed by atoms with van der Waals surface area (Å²) in [5.74, 6) is 0.306. The first-order valence-corrected chi connectivity index (χ1v) is 6.16. The summed E-state index contributed by atoms with van der Waals surface area (Å²) in [6, 6.07) is 7.10. The number of carbonyl (C=O) groups is 1. The first kappa shape index (κ1) is 16.2. The van der Waals surface area contributed by atoms with E-state index in [1.165, 1.54) is 7.11 Å². The van der Waals surface area contributed by atoms with E-state index < -0.39 is 18.1 Å². The van der Waals surface area contributed by atoms with Crippen LogP contribution in [0, 0.1) is 0 Å². The Kier molecular flexibility index (Phi) is 6.78. The number of primary amides is 1. The van der Waals surface area contributed by atoms with Crippen molar-refractivity contribution in [3.63, 3.8) is 0 Å². The summed E-state index contributed by atoms with van der Waals surface area (Å²) in [5.41, 5.74) is 4.89. The van der Waals surface area contributed by atoms with Crippen LogP contribution in [-0.4, -0.2) is 55.1 Å². The first-order chi connectivity index (χ1) is 9.54. The van der Waals surface area contributed by atoms with E-state index in [0.29, 0.717) is 11.5 Å². The molecule has 0 saturated heterocycles. The van der Waals surface area contributed by atoms with Crippen molar-refractivity contribution >= 4 is 5.91 Å². The zero-order valence-electron chi connectivity index (χ0n) is 11.3. The maximum absolute atomic E-state index is 10.6. The van der Waals surface area contributed by atoms with E-state index in [1.807, 2.05) is 6.07 Å². The van der Waals surface area contributed by atoms with E-state index in [1.54, 1.807) is 18.2 Å². The van der Waals surface area contributed by atoms with Crippen LogP contribution in [0.2, 0.25) is 0 Å². The van der Waals surface area contributed by atoms with Crippen LogP contribution in [0.5, 0.6) is 11.5 Å². The van der Waals surface area contributed by atoms with Crippen LogP contribution in [0.4, 0.5) is 0 Å². The Morgan fingerprint density at radius 1 is 1.30 bits per heavy atom. The van der Waals surface area contributed by atoms with E-state index in [4.69, 9.17) is 20.3 Å². The van der Waals surface area contributed by atoms with Crippen molar-refractivity contribution in [1.29, 1.82) is 0 Å². The minimum Gasteiger partial charge on any atom is -0.493 e. The van der Waals surface area contributed by atoms with Gasteiger partial charge in [-0.2, -0.15) is 0 Å². The summed E-state index contributed by atoms with van der Waals surface area (Å²) in [4.78, 5) is 10.6. The van der Waals surface area contributed by atoms with E-state index >= 15 is 0 Å². The molecule has 0 fully saturated rings. The quantitative estimate of drug-likeness (QED) is 0.456. The fourth-order valence-electron chi connectivity index (χ4n) is 1.47. The molecule has 0 bridgehead atoms. The van der Waals surface area contributed by atoms with Crippen LogP contribution >= 0.6 is 0 Å². The zero-order chi connectivity index (χ0) is 15.0. The van der Waals surface area contributed by atoms with Gasteiger partial charge in [0.1, 0.15) is 18.8 Å². The number of aliphatic hydroxyl groups excluding tert-OH is 2. The maximum Gasteiger partial charge on any atom is 0.247 e. The average Bonchev–Trinajstić information content (AvgIpc) is 2.45. The number of para-hydroxylation sites is 2. The third kappa shape index (κ3) is 5.43. The van der Waals surface area contributed by atoms with Gasteiger partial charge in [0, 0.05) is 13.1 Å². The van der Waals surface area contributed by atoms with E-state index in [9.17, 15) is 9.90 Å². The number of rotatable bonds is 9. The molecule has 7 heteroatoms. The molecule has 5 N–H and O–H groups in total. The van der Waals surface area contributed by atoms with Gasteiger partial charge < -0.3 is 30.7 Å². The smallest absolute Gasteiger partial charge is 0.247 e. The molecule has 1 rings (SSSR count). The molecular formula is C13H20N2O5. The number of hydrogen-bond acceptors (Lipinski definition) is 6. The predicted octanol–water partition coefficient (Wildman–Crippen LogP) is -1.13. The molecule has 0 heterocycles. The van der Waals surface area contributed by atoms with Gasteiger partial charge in [-0.1, -0.05) is 12.1 Å². The highest BCUT2D eigenvalue weighted by molar-refractivity contribution is 5.78. The number of nitrogens with two attached hydrogens (primary N) is 1. The van der Waals surface area contributed by atoms with Crippen LogP contribution in [-0.2, 0) is 4.79 Å². The second kappa shape index (κ2) is 8.36. The van der Waals surface area contributed by atoms with Crippen LogP contribution in [0.3, 0.4) is 0 Å². The molecule has 0 spiro atoms. The number of benzene rings is 1. The lowest BCUT2D eigenvalue weighted by Gasteiger charge is -2.15. The number of amides is 1. The lowest BCUT2D eigenvalue weighted by atomic mass is 10.3. The van der Waals surface area contributed by atoms with Crippen LogP contribution in [0.1, 0.15) is 0 Å². The third-order valence-electron chi connectivity index (χ3n) is 2.55. The Hall–Kier alpha value is -1.83. The van der Waals surface area contributed by atoms with E-state index in [-0.39, 0.29) is 19.7 Å². The molecule has 0 saturated carbocycles. The summed E-state index contributed by atoms with van der Waals surface area (Å²) >= 11 is 0. The second-order valence-electron chi connectivity index (χ2n) is 4.19. The van der Waals surface area contributed by atoms with Crippen molar-refractivity contribution in [1.82, 2.24) is 5.32 Å². The molecule has 7 nitrogen and oxygen atoms in total. The Morgan fingerprint density at radius 3 is 2.55 bits per heavy atom. The number of methoxy groups -OCH3 is 1. The van der Waals surface area contributed by atoms with Gasteiger partial charge in [0.2, 0.25) is 5.91 Å². The van der Waals surface area contributed by atoms with Crippen molar-refractivity contribution in [3.8, 4) is 11.5 Å². The van der Waals surface area contributed by atoms with Crippen molar-refractivity contribution in [2.45, 2.75) is 12.2 Å². The minimum absolute atomic E-state index is 0.0128. The number of ether oxygens (including phenoxy) is 2. The maximum atomic E-state index is 10.6. The van der Waals surface area contributed by atoms with Crippen molar-refractivity contribution < 1.29 is 24.5 Å². The van der Waals surface area contributed by atoms with Gasteiger partial charge in [-0.25, -0.2) is 0 Å². The monoisotopic (exact) mass is 284 g/mol. The molecule has 0 aromatic heterocycles. The molecule has 0 aliphatic heterocycles. The standard InChI is InChI=1S/C13H20N2O5/c1-19-11-4-2-3-5-12(11)20-8-9(16)6-15-7-10(17)13(14)18/h2-5,9-10,15-17H,6-8H2,1H3,(H2,14,18). The molecule has 0 aliphatic carbocycles. The van der Waals surface area contributed by atoms with Gasteiger partial charge in [0.05, 0.1) is 7.11 Å². The number of hydrogen-bond donors (Lipinski definition) is 4. The highest BCUT2D eigenvalue weighted by Crippen LogP contribution is 2.25. The molecule has 2 unspecified atom stereocenters. The zero-order valence-corrected chi connectivity index (χ0v) is 11.3. The summed E-state index contributed by atoms with van der Waals surface area (Å²) in [5, 5.41) is 21.6. The SMILES string of the molecule is COc1ccccc1OCC(O)CNCC(O)C(N)=O. The summed E-state index contributed by atoms with van der Waals surface area (Å²) < 4.78 is 10.5. The van der Waals surface area contributed by atoms with Crippen molar-refractivity contribution in [2.24, 2.45) is 5.73 Å².